The van der Waals surface area contributed by atoms with E-state index in [9.17, 15) is 8.42 Å². The van der Waals surface area contributed by atoms with Crippen LogP contribution in [0.15, 0.2) is 52.6 Å². The summed E-state index contributed by atoms with van der Waals surface area (Å²) in [5.74, 6) is 1.22. The number of nitrogens with zero attached hydrogens (tertiary/aromatic N) is 4. The maximum atomic E-state index is 12.9. The number of aromatic nitrogens is 2. The monoisotopic (exact) mass is 612 g/mol. The molecule has 0 bridgehead atoms. The number of benzene rings is 2. The first-order chi connectivity index (χ1) is 20.0. The highest BCUT2D eigenvalue weighted by Gasteiger charge is 2.35. The van der Waals surface area contributed by atoms with E-state index in [4.69, 9.17) is 26.2 Å². The SMILES string of the molecule is COc1cc2c(cc1Nc1ncc(Cl)c(Nc3ccccc3S(=O)(=O)C(C)C)n1)CC/C(=N\N1CCOCC1)C2(C)C. The maximum absolute atomic E-state index is 12.9. The van der Waals surface area contributed by atoms with Gasteiger partial charge in [0.2, 0.25) is 5.95 Å². The van der Waals surface area contributed by atoms with E-state index < -0.39 is 15.1 Å². The second-order valence-electron chi connectivity index (χ2n) is 11.2. The van der Waals surface area contributed by atoms with E-state index in [2.05, 4.69) is 51.6 Å². The largest absolute Gasteiger partial charge is 0.495 e. The molecule has 42 heavy (non-hydrogen) atoms. The van der Waals surface area contributed by atoms with Gasteiger partial charge in [-0.2, -0.15) is 10.1 Å². The first-order valence-electron chi connectivity index (χ1n) is 14.0. The quantitative estimate of drug-likeness (QED) is 0.329. The van der Waals surface area contributed by atoms with Gasteiger partial charge in [-0.1, -0.05) is 37.6 Å². The topological polar surface area (TPSA) is 118 Å². The Kier molecular flexibility index (Phi) is 8.63. The van der Waals surface area contributed by atoms with Crippen molar-refractivity contribution in [1.82, 2.24) is 15.0 Å². The summed E-state index contributed by atoms with van der Waals surface area (Å²) in [5.41, 5.74) is 4.36. The second-order valence-corrected chi connectivity index (χ2v) is 14.1. The van der Waals surface area contributed by atoms with Crippen LogP contribution in [0.3, 0.4) is 0 Å². The fourth-order valence-corrected chi connectivity index (χ4v) is 6.58. The highest BCUT2D eigenvalue weighted by Crippen LogP contribution is 2.41. The van der Waals surface area contributed by atoms with Crippen molar-refractivity contribution in [3.8, 4) is 5.75 Å². The molecule has 1 aliphatic carbocycles. The van der Waals surface area contributed by atoms with Crippen molar-refractivity contribution in [3.63, 3.8) is 0 Å². The van der Waals surface area contributed by atoms with Crippen molar-refractivity contribution in [1.29, 1.82) is 0 Å². The number of nitrogens with one attached hydrogen (secondary N) is 2. The summed E-state index contributed by atoms with van der Waals surface area (Å²) in [5, 5.41) is 13.2. The van der Waals surface area contributed by atoms with E-state index in [1.54, 1.807) is 45.2 Å². The predicted octanol–water partition coefficient (Wildman–Crippen LogP) is 5.72. The van der Waals surface area contributed by atoms with Crippen LogP contribution in [0.1, 0.15) is 45.2 Å². The Bertz CT molecular complexity index is 1600. The molecule has 0 amide bonds. The lowest BCUT2D eigenvalue weighted by molar-refractivity contribution is 0.0388. The van der Waals surface area contributed by atoms with Crippen molar-refractivity contribution in [2.75, 3.05) is 44.0 Å². The number of aryl methyl sites for hydroxylation is 1. The molecular formula is C30H37ClN6O4S. The van der Waals surface area contributed by atoms with Crippen molar-refractivity contribution in [3.05, 3.63) is 58.7 Å². The number of hydrazone groups is 1. The number of ether oxygens (including phenoxy) is 2. The van der Waals surface area contributed by atoms with Gasteiger partial charge in [-0.15, -0.1) is 0 Å². The van der Waals surface area contributed by atoms with Crippen LogP contribution < -0.4 is 15.4 Å². The zero-order valence-corrected chi connectivity index (χ0v) is 26.1. The Morgan fingerprint density at radius 3 is 2.55 bits per heavy atom. The van der Waals surface area contributed by atoms with Crippen LogP contribution in [0.25, 0.3) is 0 Å². The smallest absolute Gasteiger partial charge is 0.229 e. The number of para-hydroxylation sites is 1. The lowest BCUT2D eigenvalue weighted by Gasteiger charge is -2.36. The predicted molar refractivity (Wildman–Crippen MR) is 167 cm³/mol. The molecule has 1 saturated heterocycles. The molecule has 12 heteroatoms. The van der Waals surface area contributed by atoms with E-state index in [-0.39, 0.29) is 27.1 Å². The molecule has 5 rings (SSSR count). The summed E-state index contributed by atoms with van der Waals surface area (Å²) < 4.78 is 37.2. The highest BCUT2D eigenvalue weighted by molar-refractivity contribution is 7.92. The molecule has 1 fully saturated rings. The van der Waals surface area contributed by atoms with Gasteiger partial charge in [0.05, 0.1) is 61.1 Å². The number of anilines is 4. The molecule has 10 nitrogen and oxygen atoms in total. The van der Waals surface area contributed by atoms with Crippen LogP contribution in [-0.4, -0.2) is 67.8 Å². The third-order valence-corrected chi connectivity index (χ3v) is 10.2. The first-order valence-corrected chi connectivity index (χ1v) is 15.9. The van der Waals surface area contributed by atoms with Gasteiger partial charge in [-0.3, -0.25) is 5.01 Å². The van der Waals surface area contributed by atoms with Gasteiger partial charge in [0.15, 0.2) is 15.7 Å². The van der Waals surface area contributed by atoms with Crippen molar-refractivity contribution >= 4 is 50.3 Å². The lowest BCUT2D eigenvalue weighted by atomic mass is 9.71. The fourth-order valence-electron chi connectivity index (χ4n) is 5.24. The van der Waals surface area contributed by atoms with Crippen LogP contribution in [0.4, 0.5) is 23.1 Å². The molecule has 1 aromatic heterocycles. The Balaban J connectivity index is 1.43. The number of hydrogen-bond donors (Lipinski definition) is 2. The molecule has 0 atom stereocenters. The van der Waals surface area contributed by atoms with E-state index in [0.717, 1.165) is 37.3 Å². The molecule has 2 heterocycles. The number of sulfone groups is 1. The van der Waals surface area contributed by atoms with Gasteiger partial charge in [-0.05, 0) is 62.1 Å². The zero-order chi connectivity index (χ0) is 30.1. The van der Waals surface area contributed by atoms with Crippen LogP contribution in [0, 0.1) is 0 Å². The maximum Gasteiger partial charge on any atom is 0.229 e. The van der Waals surface area contributed by atoms with Crippen molar-refractivity contribution in [2.24, 2.45) is 5.10 Å². The number of methoxy groups -OCH3 is 1. The van der Waals surface area contributed by atoms with Gasteiger partial charge < -0.3 is 20.1 Å². The molecule has 0 spiro atoms. The van der Waals surface area contributed by atoms with Crippen LogP contribution in [-0.2, 0) is 26.4 Å². The third kappa shape index (κ3) is 6.04. The minimum absolute atomic E-state index is 0.180. The van der Waals surface area contributed by atoms with Gasteiger partial charge in [0, 0.05) is 11.1 Å². The molecule has 2 aromatic carbocycles. The summed E-state index contributed by atoms with van der Waals surface area (Å²) in [4.78, 5) is 9.12. The van der Waals surface area contributed by atoms with Gasteiger partial charge >= 0.3 is 0 Å². The van der Waals surface area contributed by atoms with Crippen LogP contribution in [0.5, 0.6) is 5.75 Å². The van der Waals surface area contributed by atoms with Gasteiger partial charge in [-0.25, -0.2) is 13.4 Å². The average Bonchev–Trinajstić information content (AvgIpc) is 2.97. The van der Waals surface area contributed by atoms with E-state index in [0.29, 0.717) is 24.7 Å². The van der Waals surface area contributed by atoms with Gasteiger partial charge in [0.25, 0.3) is 0 Å². The molecule has 1 aliphatic heterocycles. The standard InChI is InChI=1S/C30H37ClN6O4S/c1-19(2)42(38,39)26-9-7-6-8-23(26)33-28-22(31)18-32-29(35-28)34-24-16-20-10-11-27(36-37-12-14-41-15-13-37)30(3,4)21(20)17-25(24)40-5/h6-9,16-19H,10-15H2,1-5H3,(H2,32,33,34,35)/b36-27+. The van der Waals surface area contributed by atoms with E-state index in [1.807, 2.05) is 0 Å². The number of morpholine rings is 1. The normalized spacial score (nSPS) is 17.7. The summed E-state index contributed by atoms with van der Waals surface area (Å²) in [6, 6.07) is 10.8. The Morgan fingerprint density at radius 1 is 1.10 bits per heavy atom. The number of hydrogen-bond acceptors (Lipinski definition) is 10. The first kappa shape index (κ1) is 30.1. The Hall–Kier alpha value is -3.41. The lowest BCUT2D eigenvalue weighted by Crippen LogP contribution is -2.39. The Labute approximate surface area is 252 Å². The molecule has 224 valence electrons. The van der Waals surface area contributed by atoms with Crippen LogP contribution >= 0.6 is 11.6 Å². The minimum atomic E-state index is -3.54. The zero-order valence-electron chi connectivity index (χ0n) is 24.6. The van der Waals surface area contributed by atoms with Gasteiger partial charge in [0.1, 0.15) is 10.8 Å². The highest BCUT2D eigenvalue weighted by atomic mass is 35.5. The fraction of sp³-hybridized carbons (Fsp3) is 0.433. The average molecular weight is 613 g/mol. The Morgan fingerprint density at radius 2 is 1.83 bits per heavy atom. The molecule has 2 N–H and O–H groups in total. The summed E-state index contributed by atoms with van der Waals surface area (Å²) in [6.45, 7) is 10.7. The molecule has 0 unspecified atom stereocenters. The number of halogens is 1. The summed E-state index contributed by atoms with van der Waals surface area (Å²) in [7, 11) is -1.90. The second kappa shape index (κ2) is 12.1. The van der Waals surface area contributed by atoms with Crippen molar-refractivity contribution < 1.29 is 17.9 Å². The third-order valence-electron chi connectivity index (χ3n) is 7.76. The molecule has 0 radical (unpaired) electrons. The summed E-state index contributed by atoms with van der Waals surface area (Å²) >= 11 is 6.44. The molecule has 3 aromatic rings. The molecule has 2 aliphatic rings. The summed E-state index contributed by atoms with van der Waals surface area (Å²) in [6.07, 6.45) is 3.17. The number of fused-ring (bicyclic) bond motifs is 1. The molecular weight excluding hydrogens is 576 g/mol. The number of rotatable bonds is 8. The van der Waals surface area contributed by atoms with Crippen LogP contribution in [0.2, 0.25) is 5.02 Å². The minimum Gasteiger partial charge on any atom is -0.495 e. The molecule has 0 saturated carbocycles. The van der Waals surface area contributed by atoms with E-state index >= 15 is 0 Å². The van der Waals surface area contributed by atoms with E-state index in [1.165, 1.54) is 17.3 Å². The van der Waals surface area contributed by atoms with Crippen molar-refractivity contribution in [2.45, 2.75) is 56.1 Å².